The standard InChI is InChI=1S/C25H31N5O7/c26-18(10-11-21(27)32)23(34)30-19(12-16-6-8-17(31)9-7-16)24(35)28-14-22(33)29-20(25(36)37)13-15-4-2-1-3-5-15/h1-9,18-20,31H,10-14,26H2,(H2,27,32)(H,28,35)(H,29,33)(H,30,34)(H,36,37). The molecule has 12 nitrogen and oxygen atoms in total. The Bertz CT molecular complexity index is 1090. The molecule has 0 aliphatic heterocycles. The van der Waals surface area contributed by atoms with Gasteiger partial charge in [0, 0.05) is 19.3 Å². The van der Waals surface area contributed by atoms with Crippen molar-refractivity contribution in [2.75, 3.05) is 6.54 Å². The lowest BCUT2D eigenvalue weighted by Crippen LogP contribution is -2.54. The summed E-state index contributed by atoms with van der Waals surface area (Å²) in [7, 11) is 0. The fourth-order valence-corrected chi connectivity index (χ4v) is 3.37. The van der Waals surface area contributed by atoms with Crippen LogP contribution in [0.5, 0.6) is 5.75 Å². The number of rotatable bonds is 14. The maximum Gasteiger partial charge on any atom is 0.326 e. The van der Waals surface area contributed by atoms with Crippen molar-refractivity contribution in [3.05, 3.63) is 65.7 Å². The number of primary amides is 1. The number of benzene rings is 2. The molecule has 2 rings (SSSR count). The minimum absolute atomic E-state index is 0.00771. The highest BCUT2D eigenvalue weighted by molar-refractivity contribution is 5.93. The Hall–Kier alpha value is -4.45. The first-order valence-electron chi connectivity index (χ1n) is 11.5. The van der Waals surface area contributed by atoms with Crippen molar-refractivity contribution >= 4 is 29.6 Å². The van der Waals surface area contributed by atoms with Crippen LogP contribution in [0.25, 0.3) is 0 Å². The number of hydrogen-bond acceptors (Lipinski definition) is 7. The van der Waals surface area contributed by atoms with Gasteiger partial charge in [0.25, 0.3) is 0 Å². The maximum absolute atomic E-state index is 12.9. The molecule has 0 heterocycles. The van der Waals surface area contributed by atoms with Crippen LogP contribution in [0.15, 0.2) is 54.6 Å². The Morgan fingerprint density at radius 2 is 1.41 bits per heavy atom. The first kappa shape index (κ1) is 28.8. The molecule has 4 amide bonds. The van der Waals surface area contributed by atoms with Gasteiger partial charge in [-0.25, -0.2) is 4.79 Å². The van der Waals surface area contributed by atoms with Crippen LogP contribution in [0.1, 0.15) is 24.0 Å². The topological polar surface area (TPSA) is 214 Å². The van der Waals surface area contributed by atoms with Crippen molar-refractivity contribution in [3.8, 4) is 5.75 Å². The smallest absolute Gasteiger partial charge is 0.326 e. The third kappa shape index (κ3) is 10.4. The Balaban J connectivity index is 2.02. The van der Waals surface area contributed by atoms with E-state index in [9.17, 15) is 34.2 Å². The summed E-state index contributed by atoms with van der Waals surface area (Å²) in [5.41, 5.74) is 12.2. The lowest BCUT2D eigenvalue weighted by molar-refractivity contribution is -0.141. The van der Waals surface area contributed by atoms with Crippen molar-refractivity contribution in [1.29, 1.82) is 0 Å². The zero-order chi connectivity index (χ0) is 27.4. The zero-order valence-corrected chi connectivity index (χ0v) is 20.1. The molecule has 0 aliphatic rings. The summed E-state index contributed by atoms with van der Waals surface area (Å²) in [6.07, 6.45) is -0.0707. The minimum Gasteiger partial charge on any atom is -0.508 e. The van der Waals surface area contributed by atoms with Crippen molar-refractivity contribution in [1.82, 2.24) is 16.0 Å². The molecule has 0 saturated heterocycles. The molecule has 0 aliphatic carbocycles. The molecule has 2 aromatic rings. The first-order valence-corrected chi connectivity index (χ1v) is 11.5. The highest BCUT2D eigenvalue weighted by Gasteiger charge is 2.26. The zero-order valence-electron chi connectivity index (χ0n) is 20.1. The van der Waals surface area contributed by atoms with Crippen LogP contribution in [0.3, 0.4) is 0 Å². The van der Waals surface area contributed by atoms with E-state index in [-0.39, 0.29) is 31.4 Å². The Labute approximate surface area is 213 Å². The average molecular weight is 514 g/mol. The molecule has 0 saturated carbocycles. The number of nitrogens with two attached hydrogens (primary N) is 2. The van der Waals surface area contributed by atoms with Gasteiger partial charge >= 0.3 is 5.97 Å². The van der Waals surface area contributed by atoms with E-state index >= 15 is 0 Å². The summed E-state index contributed by atoms with van der Waals surface area (Å²) in [5.74, 6) is -3.98. The number of hydrogen-bond donors (Lipinski definition) is 7. The van der Waals surface area contributed by atoms with Crippen LogP contribution in [-0.4, -0.2) is 64.5 Å². The third-order valence-electron chi connectivity index (χ3n) is 5.39. The normalized spacial score (nSPS) is 13.0. The fourth-order valence-electron chi connectivity index (χ4n) is 3.37. The number of carbonyl (C=O) groups excluding carboxylic acids is 4. The molecular weight excluding hydrogens is 482 g/mol. The van der Waals surface area contributed by atoms with E-state index in [1.165, 1.54) is 12.1 Å². The molecule has 9 N–H and O–H groups in total. The highest BCUT2D eigenvalue weighted by Crippen LogP contribution is 2.12. The van der Waals surface area contributed by atoms with Gasteiger partial charge in [-0.2, -0.15) is 0 Å². The number of aliphatic carboxylic acids is 1. The Morgan fingerprint density at radius 3 is 2.00 bits per heavy atom. The summed E-state index contributed by atoms with van der Waals surface area (Å²) in [6.45, 7) is -0.535. The third-order valence-corrected chi connectivity index (χ3v) is 5.39. The summed E-state index contributed by atoms with van der Waals surface area (Å²) in [5, 5.41) is 26.2. The largest absolute Gasteiger partial charge is 0.508 e. The number of amides is 4. The van der Waals surface area contributed by atoms with Crippen molar-refractivity contribution < 1.29 is 34.2 Å². The molecule has 3 atom stereocenters. The van der Waals surface area contributed by atoms with Crippen LogP contribution >= 0.6 is 0 Å². The molecule has 198 valence electrons. The van der Waals surface area contributed by atoms with Crippen LogP contribution in [-0.2, 0) is 36.8 Å². The van der Waals surface area contributed by atoms with E-state index in [2.05, 4.69) is 16.0 Å². The van der Waals surface area contributed by atoms with E-state index < -0.39 is 54.3 Å². The lowest BCUT2D eigenvalue weighted by Gasteiger charge is -2.21. The van der Waals surface area contributed by atoms with E-state index in [1.54, 1.807) is 42.5 Å². The van der Waals surface area contributed by atoms with E-state index in [1.807, 2.05) is 0 Å². The maximum atomic E-state index is 12.9. The van der Waals surface area contributed by atoms with Gasteiger partial charge in [-0.1, -0.05) is 42.5 Å². The van der Waals surface area contributed by atoms with Crippen molar-refractivity contribution in [3.63, 3.8) is 0 Å². The van der Waals surface area contributed by atoms with Crippen molar-refractivity contribution in [2.45, 2.75) is 43.8 Å². The number of phenols is 1. The minimum atomic E-state index is -1.23. The van der Waals surface area contributed by atoms with E-state index in [0.29, 0.717) is 11.1 Å². The van der Waals surface area contributed by atoms with Gasteiger partial charge in [0.05, 0.1) is 12.6 Å². The average Bonchev–Trinajstić information content (AvgIpc) is 2.86. The SMILES string of the molecule is NC(=O)CCC(N)C(=O)NC(Cc1ccc(O)cc1)C(=O)NCC(=O)NC(Cc1ccccc1)C(=O)O. The van der Waals surface area contributed by atoms with Gasteiger partial charge in [-0.3, -0.25) is 19.2 Å². The second kappa shape index (κ2) is 14.2. The second-order valence-electron chi connectivity index (χ2n) is 8.41. The molecule has 12 heteroatoms. The van der Waals surface area contributed by atoms with Crippen molar-refractivity contribution in [2.24, 2.45) is 11.5 Å². The van der Waals surface area contributed by atoms with Gasteiger partial charge in [-0.05, 0) is 29.7 Å². The summed E-state index contributed by atoms with van der Waals surface area (Å²) in [6, 6.07) is 11.2. The van der Waals surface area contributed by atoms with Crippen LogP contribution in [0.4, 0.5) is 0 Å². The number of phenolic OH excluding ortho intramolecular Hbond substituents is 1. The van der Waals surface area contributed by atoms with E-state index in [0.717, 1.165) is 0 Å². The summed E-state index contributed by atoms with van der Waals surface area (Å²) in [4.78, 5) is 60.3. The van der Waals surface area contributed by atoms with Gasteiger partial charge in [0.1, 0.15) is 17.8 Å². The first-order chi connectivity index (χ1) is 17.5. The molecule has 2 aromatic carbocycles. The molecule has 37 heavy (non-hydrogen) atoms. The molecule has 0 fully saturated rings. The van der Waals surface area contributed by atoms with E-state index in [4.69, 9.17) is 11.5 Å². The van der Waals surface area contributed by atoms with Gasteiger partial charge < -0.3 is 37.6 Å². The number of carboxylic acids is 1. The summed E-state index contributed by atoms with van der Waals surface area (Å²) < 4.78 is 0. The Kier molecular flexibility index (Phi) is 11.0. The number of carbonyl (C=O) groups is 5. The Morgan fingerprint density at radius 1 is 0.811 bits per heavy atom. The van der Waals surface area contributed by atoms with Crippen LogP contribution in [0.2, 0.25) is 0 Å². The van der Waals surface area contributed by atoms with Gasteiger partial charge in [0.15, 0.2) is 0 Å². The predicted octanol–water partition coefficient (Wildman–Crippen LogP) is -1.06. The fraction of sp³-hybridized carbons (Fsp3) is 0.320. The van der Waals surface area contributed by atoms with Crippen LogP contribution in [0, 0.1) is 0 Å². The molecule has 0 spiro atoms. The second-order valence-corrected chi connectivity index (χ2v) is 8.41. The predicted molar refractivity (Wildman–Crippen MR) is 133 cm³/mol. The number of aromatic hydroxyl groups is 1. The summed E-state index contributed by atoms with van der Waals surface area (Å²) >= 11 is 0. The highest BCUT2D eigenvalue weighted by atomic mass is 16.4. The lowest BCUT2D eigenvalue weighted by atomic mass is 10.0. The number of carboxylic acid groups (broad SMARTS) is 1. The molecule has 0 bridgehead atoms. The van der Waals surface area contributed by atoms with Gasteiger partial charge in [-0.15, -0.1) is 0 Å². The quantitative estimate of drug-likeness (QED) is 0.165. The molecular formula is C25H31N5O7. The molecule has 3 unspecified atom stereocenters. The molecule has 0 aromatic heterocycles. The monoisotopic (exact) mass is 513 g/mol. The molecule has 0 radical (unpaired) electrons. The van der Waals surface area contributed by atoms with Crippen LogP contribution < -0.4 is 27.4 Å². The van der Waals surface area contributed by atoms with Gasteiger partial charge in [0.2, 0.25) is 23.6 Å². The number of nitrogens with one attached hydrogen (secondary N) is 3.